The lowest BCUT2D eigenvalue weighted by atomic mass is 9.77. The molecule has 0 spiro atoms. The minimum Gasteiger partial charge on any atom is -0.494 e. The zero-order valence-electron chi connectivity index (χ0n) is 13.1. The van der Waals surface area contributed by atoms with E-state index >= 15 is 0 Å². The lowest BCUT2D eigenvalue weighted by Crippen LogP contribution is -2.29. The Labute approximate surface area is 136 Å². The van der Waals surface area contributed by atoms with E-state index in [1.54, 1.807) is 12.1 Å². The molecule has 0 bridgehead atoms. The van der Waals surface area contributed by atoms with Crippen molar-refractivity contribution >= 4 is 5.69 Å². The SMILES string of the molecule is CCOc1ccc2c(c1)[C@@H]1C=CC[C@@H]1[C@H](c1ccc(F)cc1)N2. The van der Waals surface area contributed by atoms with Gasteiger partial charge in [0.15, 0.2) is 0 Å². The van der Waals surface area contributed by atoms with Gasteiger partial charge in [-0.15, -0.1) is 0 Å². The summed E-state index contributed by atoms with van der Waals surface area (Å²) in [5.41, 5.74) is 3.59. The fourth-order valence-electron chi connectivity index (χ4n) is 3.83. The number of rotatable bonds is 3. The number of ether oxygens (including phenoxy) is 1. The number of anilines is 1. The summed E-state index contributed by atoms with van der Waals surface area (Å²) in [7, 11) is 0. The number of fused-ring (bicyclic) bond motifs is 3. The Morgan fingerprint density at radius 3 is 2.78 bits per heavy atom. The Bertz CT molecular complexity index is 738. The molecule has 0 amide bonds. The summed E-state index contributed by atoms with van der Waals surface area (Å²) >= 11 is 0. The largest absolute Gasteiger partial charge is 0.494 e. The molecular weight excluding hydrogens is 289 g/mol. The number of nitrogens with one attached hydrogen (secondary N) is 1. The van der Waals surface area contributed by atoms with Crippen LogP contribution in [0.1, 0.15) is 36.4 Å². The van der Waals surface area contributed by atoms with Gasteiger partial charge in [0.05, 0.1) is 12.6 Å². The van der Waals surface area contributed by atoms with E-state index in [0.717, 1.165) is 23.4 Å². The summed E-state index contributed by atoms with van der Waals surface area (Å²) < 4.78 is 18.9. The molecule has 118 valence electrons. The van der Waals surface area contributed by atoms with E-state index in [1.165, 1.54) is 5.56 Å². The molecule has 23 heavy (non-hydrogen) atoms. The van der Waals surface area contributed by atoms with Crippen LogP contribution in [0, 0.1) is 11.7 Å². The summed E-state index contributed by atoms with van der Waals surface area (Å²) in [6.45, 7) is 2.68. The summed E-state index contributed by atoms with van der Waals surface area (Å²) in [6.07, 6.45) is 5.60. The van der Waals surface area contributed by atoms with Crippen LogP contribution >= 0.6 is 0 Å². The predicted octanol–water partition coefficient (Wildman–Crippen LogP) is 5.05. The number of hydrogen-bond donors (Lipinski definition) is 1. The molecule has 2 aliphatic rings. The highest BCUT2D eigenvalue weighted by molar-refractivity contribution is 5.61. The van der Waals surface area contributed by atoms with Crippen molar-refractivity contribution in [3.8, 4) is 5.75 Å². The van der Waals surface area contributed by atoms with E-state index < -0.39 is 0 Å². The average molecular weight is 309 g/mol. The smallest absolute Gasteiger partial charge is 0.123 e. The number of allylic oxidation sites excluding steroid dienone is 2. The molecule has 1 N–H and O–H groups in total. The average Bonchev–Trinajstić information content (AvgIpc) is 3.05. The Morgan fingerprint density at radius 2 is 2.00 bits per heavy atom. The highest BCUT2D eigenvalue weighted by atomic mass is 19.1. The van der Waals surface area contributed by atoms with Crippen LogP contribution in [-0.2, 0) is 0 Å². The zero-order chi connectivity index (χ0) is 15.8. The van der Waals surface area contributed by atoms with Gasteiger partial charge in [-0.05, 0) is 60.7 Å². The third kappa shape index (κ3) is 2.50. The Kier molecular flexibility index (Phi) is 3.56. The van der Waals surface area contributed by atoms with E-state index in [2.05, 4.69) is 29.6 Å². The normalized spacial score (nSPS) is 24.7. The molecule has 0 saturated heterocycles. The van der Waals surface area contributed by atoms with Gasteiger partial charge in [0.1, 0.15) is 11.6 Å². The standard InChI is InChI=1S/C20H20FNO/c1-2-23-15-10-11-19-18(12-15)16-4-3-5-17(16)20(22-19)13-6-8-14(21)9-7-13/h3-4,6-12,16-17,20,22H,2,5H2,1H3/t16-,17+,20+/m1/s1. The second kappa shape index (κ2) is 5.73. The molecule has 0 fully saturated rings. The summed E-state index contributed by atoms with van der Waals surface area (Å²) in [5, 5.41) is 3.66. The molecule has 0 radical (unpaired) electrons. The Morgan fingerprint density at radius 1 is 1.17 bits per heavy atom. The minimum atomic E-state index is -0.188. The topological polar surface area (TPSA) is 21.3 Å². The van der Waals surface area contributed by atoms with Gasteiger partial charge < -0.3 is 10.1 Å². The third-order valence-electron chi connectivity index (χ3n) is 4.87. The molecule has 0 saturated carbocycles. The lowest BCUT2D eigenvalue weighted by Gasteiger charge is -2.37. The molecule has 2 nitrogen and oxygen atoms in total. The Balaban J connectivity index is 1.72. The predicted molar refractivity (Wildman–Crippen MR) is 90.4 cm³/mol. The minimum absolute atomic E-state index is 0.188. The maximum absolute atomic E-state index is 13.2. The molecule has 1 aliphatic heterocycles. The van der Waals surface area contributed by atoms with Gasteiger partial charge in [-0.1, -0.05) is 24.3 Å². The van der Waals surface area contributed by atoms with Crippen molar-refractivity contribution in [3.05, 3.63) is 71.6 Å². The molecule has 1 aliphatic carbocycles. The van der Waals surface area contributed by atoms with Crippen molar-refractivity contribution < 1.29 is 9.13 Å². The van der Waals surface area contributed by atoms with E-state index in [1.807, 2.05) is 25.1 Å². The first-order valence-corrected chi connectivity index (χ1v) is 8.21. The van der Waals surface area contributed by atoms with Gasteiger partial charge in [-0.3, -0.25) is 0 Å². The molecule has 0 aromatic heterocycles. The van der Waals surface area contributed by atoms with E-state index in [4.69, 9.17) is 4.74 Å². The van der Waals surface area contributed by atoms with Crippen LogP contribution in [-0.4, -0.2) is 6.61 Å². The van der Waals surface area contributed by atoms with Crippen LogP contribution in [0.25, 0.3) is 0 Å². The highest BCUT2D eigenvalue weighted by Gasteiger charge is 2.37. The summed E-state index contributed by atoms with van der Waals surface area (Å²) in [4.78, 5) is 0. The molecule has 0 unspecified atom stereocenters. The maximum Gasteiger partial charge on any atom is 0.123 e. The molecule has 2 aromatic carbocycles. The van der Waals surface area contributed by atoms with Crippen molar-refractivity contribution in [1.82, 2.24) is 0 Å². The van der Waals surface area contributed by atoms with Gasteiger partial charge >= 0.3 is 0 Å². The summed E-state index contributed by atoms with van der Waals surface area (Å²) in [6, 6.07) is 13.3. The quantitative estimate of drug-likeness (QED) is 0.801. The van der Waals surface area contributed by atoms with Crippen LogP contribution in [0.15, 0.2) is 54.6 Å². The second-order valence-corrected chi connectivity index (χ2v) is 6.21. The van der Waals surface area contributed by atoms with Gasteiger partial charge in [-0.2, -0.15) is 0 Å². The fourth-order valence-corrected chi connectivity index (χ4v) is 3.83. The third-order valence-corrected chi connectivity index (χ3v) is 4.87. The molecular formula is C20H20FNO. The van der Waals surface area contributed by atoms with Crippen LogP contribution in [0.3, 0.4) is 0 Å². The fraction of sp³-hybridized carbons (Fsp3) is 0.300. The maximum atomic E-state index is 13.2. The van der Waals surface area contributed by atoms with Crippen LogP contribution in [0.2, 0.25) is 0 Å². The monoisotopic (exact) mass is 309 g/mol. The first-order valence-electron chi connectivity index (χ1n) is 8.21. The van der Waals surface area contributed by atoms with Gasteiger partial charge in [0.25, 0.3) is 0 Å². The zero-order valence-corrected chi connectivity index (χ0v) is 13.1. The number of halogens is 1. The van der Waals surface area contributed by atoms with Gasteiger partial charge in [0, 0.05) is 11.6 Å². The van der Waals surface area contributed by atoms with Crippen LogP contribution < -0.4 is 10.1 Å². The lowest BCUT2D eigenvalue weighted by molar-refractivity contribution is 0.338. The first kappa shape index (κ1) is 14.3. The van der Waals surface area contributed by atoms with Crippen molar-refractivity contribution in [2.75, 3.05) is 11.9 Å². The van der Waals surface area contributed by atoms with E-state index in [9.17, 15) is 4.39 Å². The Hall–Kier alpha value is -2.29. The highest BCUT2D eigenvalue weighted by Crippen LogP contribution is 2.50. The van der Waals surface area contributed by atoms with Crippen molar-refractivity contribution in [1.29, 1.82) is 0 Å². The number of benzene rings is 2. The van der Waals surface area contributed by atoms with Crippen molar-refractivity contribution in [3.63, 3.8) is 0 Å². The van der Waals surface area contributed by atoms with Crippen LogP contribution in [0.4, 0.5) is 10.1 Å². The molecule has 3 heteroatoms. The molecule has 2 aromatic rings. The van der Waals surface area contributed by atoms with Crippen molar-refractivity contribution in [2.45, 2.75) is 25.3 Å². The second-order valence-electron chi connectivity index (χ2n) is 6.21. The van der Waals surface area contributed by atoms with Crippen molar-refractivity contribution in [2.24, 2.45) is 5.92 Å². The van der Waals surface area contributed by atoms with E-state index in [-0.39, 0.29) is 11.9 Å². The summed E-state index contributed by atoms with van der Waals surface area (Å²) in [5.74, 6) is 1.59. The number of hydrogen-bond acceptors (Lipinski definition) is 2. The first-order chi connectivity index (χ1) is 11.3. The molecule has 4 rings (SSSR count). The van der Waals surface area contributed by atoms with Gasteiger partial charge in [-0.25, -0.2) is 4.39 Å². The molecule has 3 atom stereocenters. The van der Waals surface area contributed by atoms with E-state index in [0.29, 0.717) is 18.4 Å². The molecule has 1 heterocycles. The van der Waals surface area contributed by atoms with Gasteiger partial charge in [0.2, 0.25) is 0 Å². The van der Waals surface area contributed by atoms with Crippen LogP contribution in [0.5, 0.6) is 5.75 Å².